The molecule has 0 unspecified atom stereocenters. The van der Waals surface area contributed by atoms with Gasteiger partial charge in [-0.25, -0.2) is 8.42 Å². The number of carboxylic acids is 1. The lowest BCUT2D eigenvalue weighted by Crippen LogP contribution is -2.35. The fourth-order valence-corrected chi connectivity index (χ4v) is 5.71. The van der Waals surface area contributed by atoms with Gasteiger partial charge in [0.2, 0.25) is 10.0 Å². The van der Waals surface area contributed by atoms with Gasteiger partial charge in [-0.05, 0) is 84.0 Å². The molecule has 4 aromatic rings. The van der Waals surface area contributed by atoms with Crippen LogP contribution < -0.4 is 19.5 Å². The number of hydrogen-bond donors (Lipinski definition) is 4. The Bertz CT molecular complexity index is 1690. The molecule has 0 aromatic heterocycles. The Morgan fingerprint density at radius 1 is 0.889 bits per heavy atom. The number of ether oxygens (including phenoxy) is 2. The molecule has 45 heavy (non-hydrogen) atoms. The number of hydrogen-bond acceptors (Lipinski definition) is 7. The number of carboxylic acid groups (broad SMARTS) is 1. The summed E-state index contributed by atoms with van der Waals surface area (Å²) in [7, 11) is -3.58. The van der Waals surface area contributed by atoms with Crippen molar-refractivity contribution in [1.82, 2.24) is 5.32 Å². The van der Waals surface area contributed by atoms with E-state index in [0.717, 1.165) is 45.4 Å². The molecule has 238 valence electrons. The van der Waals surface area contributed by atoms with Gasteiger partial charge >= 0.3 is 5.97 Å². The second kappa shape index (κ2) is 15.1. The van der Waals surface area contributed by atoms with Crippen LogP contribution >= 0.6 is 0 Å². The zero-order chi connectivity index (χ0) is 32.6. The highest BCUT2D eigenvalue weighted by molar-refractivity contribution is 7.92. The zero-order valence-corrected chi connectivity index (χ0v) is 26.7. The second-order valence-electron chi connectivity index (χ2n) is 11.1. The normalized spacial score (nSPS) is 12.7. The third-order valence-corrected chi connectivity index (χ3v) is 7.88. The topological polar surface area (TPSA) is 134 Å². The Labute approximate surface area is 264 Å². The summed E-state index contributed by atoms with van der Waals surface area (Å²) < 4.78 is 38.5. The summed E-state index contributed by atoms with van der Waals surface area (Å²) in [6, 6.07) is 25.7. The smallest absolute Gasteiger partial charge is 0.307 e. The SMILES string of the molecule is Cc1cc(OCCN[C@@H](C)[C@@H](O)c2ccc(OCc3ccccc3)c(NS(C)(=O)=O)c2)cc(C)c1-c1ccc(CC(=O)O)cc1. The Morgan fingerprint density at radius 2 is 1.56 bits per heavy atom. The van der Waals surface area contributed by atoms with Crippen molar-refractivity contribution in [2.24, 2.45) is 0 Å². The molecule has 10 heteroatoms. The molecule has 2 atom stereocenters. The minimum Gasteiger partial charge on any atom is -0.492 e. The Balaban J connectivity index is 1.34. The van der Waals surface area contributed by atoms with Crippen LogP contribution in [0.25, 0.3) is 11.1 Å². The minimum absolute atomic E-state index is 0.00738. The van der Waals surface area contributed by atoms with Gasteiger partial charge in [-0.2, -0.15) is 0 Å². The molecule has 0 aliphatic rings. The van der Waals surface area contributed by atoms with Crippen LogP contribution in [-0.4, -0.2) is 50.0 Å². The van der Waals surface area contributed by atoms with Crippen molar-refractivity contribution < 1.29 is 32.9 Å². The Morgan fingerprint density at radius 3 is 2.18 bits per heavy atom. The molecule has 0 radical (unpaired) electrons. The first-order chi connectivity index (χ1) is 21.4. The molecule has 0 aliphatic carbocycles. The molecule has 0 bridgehead atoms. The molecule has 4 rings (SSSR count). The number of aliphatic hydroxyl groups excluding tert-OH is 1. The van der Waals surface area contributed by atoms with Gasteiger partial charge in [0.15, 0.2) is 0 Å². The van der Waals surface area contributed by atoms with Crippen LogP contribution in [0.1, 0.15) is 40.8 Å². The highest BCUT2D eigenvalue weighted by Crippen LogP contribution is 2.32. The zero-order valence-electron chi connectivity index (χ0n) is 25.9. The van der Waals surface area contributed by atoms with Crippen molar-refractivity contribution in [1.29, 1.82) is 0 Å². The third kappa shape index (κ3) is 9.81. The highest BCUT2D eigenvalue weighted by Gasteiger charge is 2.19. The van der Waals surface area contributed by atoms with Crippen LogP contribution in [0.3, 0.4) is 0 Å². The van der Waals surface area contributed by atoms with Crippen molar-refractivity contribution in [3.63, 3.8) is 0 Å². The summed E-state index contributed by atoms with van der Waals surface area (Å²) >= 11 is 0. The first kappa shape index (κ1) is 33.5. The number of aliphatic carboxylic acids is 1. The predicted octanol–water partition coefficient (Wildman–Crippen LogP) is 5.64. The van der Waals surface area contributed by atoms with Crippen LogP contribution in [0.5, 0.6) is 11.5 Å². The maximum Gasteiger partial charge on any atom is 0.307 e. The molecule has 0 aliphatic heterocycles. The van der Waals surface area contributed by atoms with Crippen molar-refractivity contribution in [2.75, 3.05) is 24.1 Å². The monoisotopic (exact) mass is 632 g/mol. The van der Waals surface area contributed by atoms with E-state index in [0.29, 0.717) is 24.5 Å². The lowest BCUT2D eigenvalue weighted by molar-refractivity contribution is -0.136. The summed E-state index contributed by atoms with van der Waals surface area (Å²) in [4.78, 5) is 11.0. The summed E-state index contributed by atoms with van der Waals surface area (Å²) in [5.41, 5.74) is 6.67. The Kier molecular flexibility index (Phi) is 11.2. The van der Waals surface area contributed by atoms with E-state index in [4.69, 9.17) is 14.6 Å². The summed E-state index contributed by atoms with van der Waals surface area (Å²) in [5.74, 6) is 0.236. The standard InChI is InChI=1S/C35H40N2O7S/c1-23-18-30(19-24(2)34(23)28-12-10-26(11-13-28)20-33(38)39)43-17-16-36-25(3)35(40)29-14-15-32(31(21-29)37-45(4,41)42)44-22-27-8-6-5-7-9-27/h5-15,18-19,21,25,35-37,40H,16-17,20,22H2,1-4H3,(H,38,39)/t25-,35+/m0/s1. The first-order valence-electron chi connectivity index (χ1n) is 14.6. The lowest BCUT2D eigenvalue weighted by atomic mass is 9.94. The fourth-order valence-electron chi connectivity index (χ4n) is 5.15. The summed E-state index contributed by atoms with van der Waals surface area (Å²) in [6.07, 6.45) is 0.143. The number of anilines is 1. The lowest BCUT2D eigenvalue weighted by Gasteiger charge is -2.22. The van der Waals surface area contributed by atoms with Crippen LogP contribution in [-0.2, 0) is 27.8 Å². The summed E-state index contributed by atoms with van der Waals surface area (Å²) in [6.45, 7) is 6.98. The van der Waals surface area contributed by atoms with E-state index >= 15 is 0 Å². The van der Waals surface area contributed by atoms with Crippen molar-refractivity contribution in [2.45, 2.75) is 45.9 Å². The maximum atomic E-state index is 12.0. The van der Waals surface area contributed by atoms with E-state index < -0.39 is 22.1 Å². The Hall–Kier alpha value is -4.38. The van der Waals surface area contributed by atoms with Gasteiger partial charge in [0.1, 0.15) is 24.7 Å². The molecular weight excluding hydrogens is 592 g/mol. The van der Waals surface area contributed by atoms with Gasteiger partial charge in [-0.15, -0.1) is 0 Å². The van der Waals surface area contributed by atoms with Crippen LogP contribution in [0.4, 0.5) is 5.69 Å². The molecule has 0 saturated heterocycles. The number of benzene rings is 4. The van der Waals surface area contributed by atoms with Gasteiger partial charge in [0.05, 0.1) is 24.5 Å². The average Bonchev–Trinajstić information content (AvgIpc) is 2.98. The predicted molar refractivity (Wildman–Crippen MR) is 176 cm³/mol. The molecular formula is C35H40N2O7S. The summed E-state index contributed by atoms with van der Waals surface area (Å²) in [5, 5.41) is 23.3. The van der Waals surface area contributed by atoms with Gasteiger partial charge in [0, 0.05) is 12.6 Å². The number of sulfonamides is 1. The average molecular weight is 633 g/mol. The van der Waals surface area contributed by atoms with E-state index in [1.807, 2.05) is 87.5 Å². The van der Waals surface area contributed by atoms with Gasteiger partial charge < -0.3 is 25.0 Å². The number of aliphatic hydroxyl groups is 1. The van der Waals surface area contributed by atoms with E-state index in [1.54, 1.807) is 18.2 Å². The number of nitrogens with one attached hydrogen (secondary N) is 2. The minimum atomic E-state index is -3.58. The van der Waals surface area contributed by atoms with Crippen molar-refractivity contribution in [3.8, 4) is 22.6 Å². The molecule has 0 heterocycles. The molecule has 0 amide bonds. The van der Waals surface area contributed by atoms with Crippen LogP contribution in [0, 0.1) is 13.8 Å². The first-order valence-corrected chi connectivity index (χ1v) is 16.5. The van der Waals surface area contributed by atoms with E-state index in [-0.39, 0.29) is 24.8 Å². The van der Waals surface area contributed by atoms with E-state index in [1.165, 1.54) is 0 Å². The molecule has 9 nitrogen and oxygen atoms in total. The number of rotatable bonds is 15. The largest absolute Gasteiger partial charge is 0.492 e. The molecule has 0 spiro atoms. The molecule has 0 saturated carbocycles. The third-order valence-electron chi connectivity index (χ3n) is 7.29. The van der Waals surface area contributed by atoms with Gasteiger partial charge in [-0.3, -0.25) is 9.52 Å². The molecule has 4 N–H and O–H groups in total. The van der Waals surface area contributed by atoms with Crippen LogP contribution in [0.15, 0.2) is 84.9 Å². The van der Waals surface area contributed by atoms with E-state index in [2.05, 4.69) is 10.0 Å². The second-order valence-corrected chi connectivity index (χ2v) is 12.9. The maximum absolute atomic E-state index is 12.0. The van der Waals surface area contributed by atoms with Gasteiger partial charge in [0.25, 0.3) is 0 Å². The number of aryl methyl sites for hydroxylation is 2. The molecule has 4 aromatic carbocycles. The molecule has 0 fully saturated rings. The fraction of sp³-hybridized carbons (Fsp3) is 0.286. The van der Waals surface area contributed by atoms with E-state index in [9.17, 15) is 18.3 Å². The number of carbonyl (C=O) groups is 1. The van der Waals surface area contributed by atoms with Crippen molar-refractivity contribution in [3.05, 3.63) is 113 Å². The van der Waals surface area contributed by atoms with Crippen molar-refractivity contribution >= 4 is 21.7 Å². The van der Waals surface area contributed by atoms with Crippen LogP contribution in [0.2, 0.25) is 0 Å². The highest BCUT2D eigenvalue weighted by atomic mass is 32.2. The quantitative estimate of drug-likeness (QED) is 0.124. The van der Waals surface area contributed by atoms with Gasteiger partial charge in [-0.1, -0.05) is 60.7 Å².